The lowest BCUT2D eigenvalue weighted by atomic mass is 9.85. The molecule has 2 aromatic rings. The molecule has 80 valence electrons. The highest BCUT2D eigenvalue weighted by Crippen LogP contribution is 2.54. The van der Waals surface area contributed by atoms with E-state index in [0.29, 0.717) is 5.41 Å². The lowest BCUT2D eigenvalue weighted by Gasteiger charge is -2.18. The second-order valence-corrected chi connectivity index (χ2v) is 4.76. The number of benzene rings is 2. The molecule has 0 amide bonds. The topological polar surface area (TPSA) is 0 Å². The summed E-state index contributed by atoms with van der Waals surface area (Å²) in [6.45, 7) is 2.22. The summed E-state index contributed by atoms with van der Waals surface area (Å²) in [7, 11) is 0. The van der Waals surface area contributed by atoms with Crippen LogP contribution in [0.5, 0.6) is 0 Å². The van der Waals surface area contributed by atoms with Crippen molar-refractivity contribution in [3.63, 3.8) is 0 Å². The molecule has 0 N–H and O–H groups in total. The summed E-state index contributed by atoms with van der Waals surface area (Å²) in [5.41, 5.74) is 4.74. The Hall–Kier alpha value is -1.56. The first kappa shape index (κ1) is 9.65. The van der Waals surface area contributed by atoms with Crippen molar-refractivity contribution in [3.8, 4) is 0 Å². The zero-order valence-electron chi connectivity index (χ0n) is 9.61. The van der Waals surface area contributed by atoms with Crippen molar-refractivity contribution in [2.24, 2.45) is 0 Å². The summed E-state index contributed by atoms with van der Waals surface area (Å²) in [5, 5.41) is 0. The van der Waals surface area contributed by atoms with Gasteiger partial charge in [0.05, 0.1) is 0 Å². The molecule has 0 aliphatic heterocycles. The van der Waals surface area contributed by atoms with E-state index < -0.39 is 0 Å². The third-order valence-corrected chi connectivity index (χ3v) is 3.74. The van der Waals surface area contributed by atoms with Gasteiger partial charge in [0.2, 0.25) is 0 Å². The van der Waals surface area contributed by atoms with Gasteiger partial charge in [0.15, 0.2) is 0 Å². The Morgan fingerprint density at radius 3 is 2.06 bits per heavy atom. The molecule has 0 spiro atoms. The van der Waals surface area contributed by atoms with Crippen molar-refractivity contribution in [1.29, 1.82) is 0 Å². The fraction of sp³-hybridized carbons (Fsp3) is 0.250. The molecule has 1 aliphatic rings. The molecule has 0 nitrogen and oxygen atoms in total. The molecule has 2 aromatic carbocycles. The van der Waals surface area contributed by atoms with Crippen LogP contribution in [0.25, 0.3) is 0 Å². The molecule has 3 rings (SSSR count). The van der Waals surface area contributed by atoms with Crippen LogP contribution in [-0.4, -0.2) is 0 Å². The van der Waals surface area contributed by atoms with Crippen molar-refractivity contribution >= 4 is 0 Å². The maximum atomic E-state index is 2.29. The first-order chi connectivity index (χ1) is 7.83. The average Bonchev–Trinajstić information content (AvgIpc) is 3.12. The SMILES string of the molecule is Cc1ccccc1C1(c2ccccc2)CC1. The molecule has 0 saturated heterocycles. The summed E-state index contributed by atoms with van der Waals surface area (Å²) in [6, 6.07) is 19.7. The van der Waals surface area contributed by atoms with Crippen LogP contribution in [-0.2, 0) is 5.41 Å². The molecule has 0 radical (unpaired) electrons. The fourth-order valence-corrected chi connectivity index (χ4v) is 2.71. The van der Waals surface area contributed by atoms with Gasteiger partial charge < -0.3 is 0 Å². The van der Waals surface area contributed by atoms with Crippen molar-refractivity contribution in [2.45, 2.75) is 25.2 Å². The first-order valence-electron chi connectivity index (χ1n) is 5.95. The summed E-state index contributed by atoms with van der Waals surface area (Å²) in [6.07, 6.45) is 2.59. The lowest BCUT2D eigenvalue weighted by molar-refractivity contribution is 0.837. The molecule has 1 fully saturated rings. The zero-order valence-corrected chi connectivity index (χ0v) is 9.61. The zero-order chi connectivity index (χ0) is 11.0. The summed E-state index contributed by atoms with van der Waals surface area (Å²) >= 11 is 0. The van der Waals surface area contributed by atoms with Crippen molar-refractivity contribution in [2.75, 3.05) is 0 Å². The second kappa shape index (κ2) is 3.48. The Morgan fingerprint density at radius 2 is 1.44 bits per heavy atom. The van der Waals surface area contributed by atoms with E-state index in [2.05, 4.69) is 61.5 Å². The molecule has 0 unspecified atom stereocenters. The lowest BCUT2D eigenvalue weighted by Crippen LogP contribution is -2.09. The Bertz CT molecular complexity index is 492. The molecule has 16 heavy (non-hydrogen) atoms. The third-order valence-electron chi connectivity index (χ3n) is 3.74. The van der Waals surface area contributed by atoms with Crippen LogP contribution >= 0.6 is 0 Å². The number of aryl methyl sites for hydroxylation is 1. The largest absolute Gasteiger partial charge is 0.0622 e. The van der Waals surface area contributed by atoms with Crippen molar-refractivity contribution in [3.05, 3.63) is 71.3 Å². The maximum Gasteiger partial charge on any atom is 0.0206 e. The van der Waals surface area contributed by atoms with E-state index in [1.807, 2.05) is 0 Å². The van der Waals surface area contributed by atoms with E-state index in [4.69, 9.17) is 0 Å². The van der Waals surface area contributed by atoms with Gasteiger partial charge in [-0.2, -0.15) is 0 Å². The fourth-order valence-electron chi connectivity index (χ4n) is 2.71. The normalized spacial score (nSPS) is 17.1. The Balaban J connectivity index is 2.11. The number of rotatable bonds is 2. The van der Waals surface area contributed by atoms with E-state index in [0.717, 1.165) is 0 Å². The summed E-state index contributed by atoms with van der Waals surface area (Å²) in [4.78, 5) is 0. The van der Waals surface area contributed by atoms with Crippen LogP contribution in [0.3, 0.4) is 0 Å². The smallest absolute Gasteiger partial charge is 0.0206 e. The quantitative estimate of drug-likeness (QED) is 0.697. The Labute approximate surface area is 96.9 Å². The standard InChI is InChI=1S/C16H16/c1-13-7-5-6-10-15(13)16(11-12-16)14-8-3-2-4-9-14/h2-10H,11-12H2,1H3. The average molecular weight is 208 g/mol. The highest BCUT2D eigenvalue weighted by Gasteiger charge is 2.46. The minimum Gasteiger partial charge on any atom is -0.0622 e. The van der Waals surface area contributed by atoms with Crippen molar-refractivity contribution < 1.29 is 0 Å². The van der Waals surface area contributed by atoms with E-state index >= 15 is 0 Å². The number of hydrogen-bond acceptors (Lipinski definition) is 0. The number of hydrogen-bond donors (Lipinski definition) is 0. The van der Waals surface area contributed by atoms with Gasteiger partial charge in [0.1, 0.15) is 0 Å². The molecule has 0 aromatic heterocycles. The van der Waals surface area contributed by atoms with Crippen LogP contribution in [0.1, 0.15) is 29.5 Å². The second-order valence-electron chi connectivity index (χ2n) is 4.76. The van der Waals surface area contributed by atoms with Gasteiger partial charge in [-0.15, -0.1) is 0 Å². The van der Waals surface area contributed by atoms with Gasteiger partial charge in [-0.3, -0.25) is 0 Å². The molecule has 1 aliphatic carbocycles. The van der Waals surface area contributed by atoms with Crippen LogP contribution in [0.15, 0.2) is 54.6 Å². The molecular weight excluding hydrogens is 192 g/mol. The Morgan fingerprint density at radius 1 is 0.812 bits per heavy atom. The summed E-state index contributed by atoms with van der Waals surface area (Å²) in [5.74, 6) is 0. The van der Waals surface area contributed by atoms with Gasteiger partial charge in [-0.25, -0.2) is 0 Å². The highest BCUT2D eigenvalue weighted by atomic mass is 14.5. The van der Waals surface area contributed by atoms with E-state index in [1.54, 1.807) is 0 Å². The van der Waals surface area contributed by atoms with Crippen LogP contribution in [0.2, 0.25) is 0 Å². The molecule has 0 atom stereocenters. The van der Waals surface area contributed by atoms with Gasteiger partial charge in [-0.05, 0) is 36.5 Å². The minimum atomic E-state index is 0.326. The molecular formula is C16H16. The molecule has 0 bridgehead atoms. The van der Waals surface area contributed by atoms with Gasteiger partial charge >= 0.3 is 0 Å². The Kier molecular flexibility index (Phi) is 2.10. The predicted molar refractivity (Wildman–Crippen MR) is 67.6 cm³/mol. The molecule has 0 heterocycles. The van der Waals surface area contributed by atoms with Gasteiger partial charge in [-0.1, -0.05) is 54.6 Å². The minimum absolute atomic E-state index is 0.326. The first-order valence-corrected chi connectivity index (χ1v) is 5.95. The van der Waals surface area contributed by atoms with Gasteiger partial charge in [0, 0.05) is 5.41 Å². The molecule has 1 saturated carbocycles. The highest BCUT2D eigenvalue weighted by molar-refractivity contribution is 5.47. The third kappa shape index (κ3) is 1.37. The molecule has 0 heteroatoms. The summed E-state index contributed by atoms with van der Waals surface area (Å²) < 4.78 is 0. The maximum absolute atomic E-state index is 2.29. The predicted octanol–water partition coefficient (Wildman–Crippen LogP) is 4.07. The monoisotopic (exact) mass is 208 g/mol. The van der Waals surface area contributed by atoms with Crippen LogP contribution < -0.4 is 0 Å². The van der Waals surface area contributed by atoms with E-state index in [-0.39, 0.29) is 0 Å². The van der Waals surface area contributed by atoms with E-state index in [1.165, 1.54) is 29.5 Å². The van der Waals surface area contributed by atoms with Crippen molar-refractivity contribution in [1.82, 2.24) is 0 Å². The van der Waals surface area contributed by atoms with Crippen LogP contribution in [0.4, 0.5) is 0 Å². The van der Waals surface area contributed by atoms with Crippen LogP contribution in [0, 0.1) is 6.92 Å². The van der Waals surface area contributed by atoms with E-state index in [9.17, 15) is 0 Å². The van der Waals surface area contributed by atoms with Gasteiger partial charge in [0.25, 0.3) is 0 Å².